The molecule has 21 heavy (non-hydrogen) atoms. The van der Waals surface area contributed by atoms with Gasteiger partial charge in [0.05, 0.1) is 25.5 Å². The van der Waals surface area contributed by atoms with Crippen LogP contribution in [0.5, 0.6) is 0 Å². The highest BCUT2D eigenvalue weighted by atomic mass is 31.2. The fraction of sp³-hybridized carbons (Fsp3) is 1.00. The van der Waals surface area contributed by atoms with Crippen LogP contribution in [0, 0.1) is 0 Å². The summed E-state index contributed by atoms with van der Waals surface area (Å²) in [7, 11) is -1.93. The first kappa shape index (κ1) is 19.0. The molecule has 1 heterocycles. The molecule has 0 aromatic heterocycles. The van der Waals surface area contributed by atoms with Gasteiger partial charge in [0.15, 0.2) is 6.29 Å². The van der Waals surface area contributed by atoms with Gasteiger partial charge in [0.2, 0.25) is 0 Å². The van der Waals surface area contributed by atoms with Crippen molar-refractivity contribution in [1.29, 1.82) is 0 Å². The number of hydrogen-bond donors (Lipinski definition) is 3. The van der Waals surface area contributed by atoms with Crippen LogP contribution in [0.15, 0.2) is 0 Å². The quantitative estimate of drug-likeness (QED) is 0.537. The van der Waals surface area contributed by atoms with Crippen LogP contribution in [-0.4, -0.2) is 72.5 Å². The molecule has 0 aliphatic carbocycles. The van der Waals surface area contributed by atoms with Crippen molar-refractivity contribution in [2.24, 2.45) is 0 Å². The fourth-order valence-electron chi connectivity index (χ4n) is 2.20. The molecule has 1 aliphatic rings. The molecule has 8 nitrogen and oxygen atoms in total. The van der Waals surface area contributed by atoms with E-state index in [1.54, 1.807) is 13.8 Å². The van der Waals surface area contributed by atoms with E-state index in [2.05, 4.69) is 0 Å². The average Bonchev–Trinajstić information content (AvgIpc) is 2.45. The van der Waals surface area contributed by atoms with Gasteiger partial charge >= 0.3 is 7.60 Å². The van der Waals surface area contributed by atoms with Crippen molar-refractivity contribution in [2.75, 3.05) is 26.5 Å². The maximum Gasteiger partial charge on any atom is 0.330 e. The molecule has 0 amide bonds. The smallest absolute Gasteiger partial charge is 0.330 e. The predicted molar refractivity (Wildman–Crippen MR) is 74.0 cm³/mol. The van der Waals surface area contributed by atoms with Crippen molar-refractivity contribution >= 4 is 7.60 Å². The topological polar surface area (TPSA) is 115 Å². The molecule has 0 unspecified atom stereocenters. The van der Waals surface area contributed by atoms with Crippen LogP contribution in [0.2, 0.25) is 0 Å². The van der Waals surface area contributed by atoms with Gasteiger partial charge in [-0.05, 0) is 20.3 Å². The molecule has 1 saturated heterocycles. The van der Waals surface area contributed by atoms with Gasteiger partial charge < -0.3 is 33.8 Å². The highest BCUT2D eigenvalue weighted by Crippen LogP contribution is 2.49. The number of ether oxygens (including phenoxy) is 2. The van der Waals surface area contributed by atoms with E-state index < -0.39 is 38.3 Å². The molecule has 9 heteroatoms. The van der Waals surface area contributed by atoms with Crippen molar-refractivity contribution < 1.29 is 38.4 Å². The zero-order valence-corrected chi connectivity index (χ0v) is 13.4. The minimum Gasteiger partial charge on any atom is -0.388 e. The Hall–Kier alpha value is -0.0500. The Labute approximate surface area is 124 Å². The molecule has 0 saturated carbocycles. The summed E-state index contributed by atoms with van der Waals surface area (Å²) in [5, 5.41) is 29.3. The summed E-state index contributed by atoms with van der Waals surface area (Å²) < 4.78 is 32.9. The first-order chi connectivity index (χ1) is 9.88. The third kappa shape index (κ3) is 4.97. The molecular weight excluding hydrogens is 303 g/mol. The van der Waals surface area contributed by atoms with Crippen molar-refractivity contribution in [3.05, 3.63) is 0 Å². The van der Waals surface area contributed by atoms with Gasteiger partial charge in [-0.2, -0.15) is 0 Å². The van der Waals surface area contributed by atoms with Gasteiger partial charge in [0.25, 0.3) is 0 Å². The Morgan fingerprint density at radius 1 is 1.05 bits per heavy atom. The van der Waals surface area contributed by atoms with E-state index in [0.29, 0.717) is 0 Å². The van der Waals surface area contributed by atoms with E-state index in [4.69, 9.17) is 18.5 Å². The molecule has 0 aromatic carbocycles. The van der Waals surface area contributed by atoms with Gasteiger partial charge in [0, 0.05) is 7.11 Å². The predicted octanol–water partition coefficient (Wildman–Crippen LogP) is 0.0966. The van der Waals surface area contributed by atoms with Gasteiger partial charge in [-0.25, -0.2) is 0 Å². The number of aliphatic hydroxyl groups excluding tert-OH is 3. The Bertz CT molecular complexity index is 340. The van der Waals surface area contributed by atoms with Gasteiger partial charge in [0.1, 0.15) is 18.3 Å². The summed E-state index contributed by atoms with van der Waals surface area (Å²) in [6, 6.07) is 0. The molecule has 5 atom stereocenters. The Morgan fingerprint density at radius 2 is 1.62 bits per heavy atom. The molecule has 1 rings (SSSR count). The lowest BCUT2D eigenvalue weighted by Gasteiger charge is -2.40. The maximum absolute atomic E-state index is 12.3. The van der Waals surface area contributed by atoms with Crippen molar-refractivity contribution in [3.63, 3.8) is 0 Å². The average molecular weight is 328 g/mol. The van der Waals surface area contributed by atoms with Gasteiger partial charge in [-0.1, -0.05) is 0 Å². The number of rotatable bonds is 8. The molecule has 0 radical (unpaired) electrons. The molecule has 0 bridgehead atoms. The highest BCUT2D eigenvalue weighted by molar-refractivity contribution is 7.53. The summed E-state index contributed by atoms with van der Waals surface area (Å²) >= 11 is 0. The monoisotopic (exact) mass is 328 g/mol. The van der Waals surface area contributed by atoms with Crippen LogP contribution < -0.4 is 0 Å². The van der Waals surface area contributed by atoms with Crippen LogP contribution in [0.3, 0.4) is 0 Å². The van der Waals surface area contributed by atoms with Crippen LogP contribution in [-0.2, 0) is 23.1 Å². The Kier molecular flexibility index (Phi) is 7.73. The lowest BCUT2D eigenvalue weighted by atomic mass is 9.97. The molecule has 1 fully saturated rings. The highest BCUT2D eigenvalue weighted by Gasteiger charge is 2.44. The normalized spacial score (nSPS) is 34.1. The van der Waals surface area contributed by atoms with Crippen LogP contribution in [0.1, 0.15) is 20.3 Å². The maximum atomic E-state index is 12.3. The van der Waals surface area contributed by atoms with E-state index in [-0.39, 0.29) is 25.8 Å². The first-order valence-corrected chi connectivity index (χ1v) is 8.71. The Balaban J connectivity index is 2.66. The molecule has 3 N–H and O–H groups in total. The van der Waals surface area contributed by atoms with Gasteiger partial charge in [-0.3, -0.25) is 4.57 Å². The molecule has 0 aromatic rings. The van der Waals surface area contributed by atoms with Crippen LogP contribution >= 0.6 is 7.60 Å². The number of aliphatic hydroxyl groups is 3. The third-order valence-electron chi connectivity index (χ3n) is 3.24. The lowest BCUT2D eigenvalue weighted by molar-refractivity contribution is -0.289. The minimum absolute atomic E-state index is 0.0374. The third-order valence-corrected chi connectivity index (χ3v) is 5.35. The molecular formula is C12H25O8P. The standard InChI is InChI=1S/C12H25O8P/c1-4-18-21(16,19-5-2)7-6-8-9(13)10(14)11(15)12(17-3)20-8/h8-15H,4-7H2,1-3H3/t8-,9-,10+,11+,12+/m1/s1. The second-order valence-electron chi connectivity index (χ2n) is 4.71. The zero-order valence-electron chi connectivity index (χ0n) is 12.5. The van der Waals surface area contributed by atoms with E-state index in [1.807, 2.05) is 0 Å². The lowest BCUT2D eigenvalue weighted by Crippen LogP contribution is -2.58. The van der Waals surface area contributed by atoms with Crippen LogP contribution in [0.25, 0.3) is 0 Å². The summed E-state index contributed by atoms with van der Waals surface area (Å²) in [5.74, 6) is 0. The van der Waals surface area contributed by atoms with Crippen molar-refractivity contribution in [2.45, 2.75) is 51.0 Å². The van der Waals surface area contributed by atoms with E-state index in [1.165, 1.54) is 7.11 Å². The number of hydrogen-bond acceptors (Lipinski definition) is 8. The van der Waals surface area contributed by atoms with E-state index in [0.717, 1.165) is 0 Å². The second-order valence-corrected chi connectivity index (χ2v) is 6.89. The summed E-state index contributed by atoms with van der Waals surface area (Å²) in [4.78, 5) is 0. The summed E-state index contributed by atoms with van der Waals surface area (Å²) in [6.45, 7) is 3.90. The minimum atomic E-state index is -3.25. The van der Waals surface area contributed by atoms with Crippen LogP contribution in [0.4, 0.5) is 0 Å². The number of methoxy groups -OCH3 is 1. The Morgan fingerprint density at radius 3 is 2.10 bits per heavy atom. The molecule has 0 spiro atoms. The fourth-order valence-corrected chi connectivity index (χ4v) is 3.89. The molecule has 1 aliphatic heterocycles. The largest absolute Gasteiger partial charge is 0.388 e. The SMILES string of the molecule is CCOP(=O)(CC[C@H]1O[C@H](OC)[C@@H](O)[C@@H](O)[C@@H]1O)OCC. The van der Waals surface area contributed by atoms with E-state index in [9.17, 15) is 19.9 Å². The first-order valence-electron chi connectivity index (χ1n) is 6.99. The second kappa shape index (κ2) is 8.55. The summed E-state index contributed by atoms with van der Waals surface area (Å²) in [5.41, 5.74) is 0. The van der Waals surface area contributed by atoms with Gasteiger partial charge in [-0.15, -0.1) is 0 Å². The van der Waals surface area contributed by atoms with E-state index >= 15 is 0 Å². The molecule has 126 valence electrons. The van der Waals surface area contributed by atoms with Crippen molar-refractivity contribution in [3.8, 4) is 0 Å². The summed E-state index contributed by atoms with van der Waals surface area (Å²) in [6.07, 6.45) is -5.74. The zero-order chi connectivity index (χ0) is 16.0. The van der Waals surface area contributed by atoms with Crippen molar-refractivity contribution in [1.82, 2.24) is 0 Å².